The standard InChI is InChI=1S/C19H27ClN2O2/c1-4-21(13-15-6-5-7-17(20)12-15)19(24)16-8-10-22(11-9-16)18(23)14(2)3/h5-7,12,14,16H,4,8-11,13H2,1-3H3. The predicted octanol–water partition coefficient (Wildman–Crippen LogP) is 3.58. The zero-order valence-corrected chi connectivity index (χ0v) is 15.6. The van der Waals surface area contributed by atoms with E-state index in [0.717, 1.165) is 18.4 Å². The summed E-state index contributed by atoms with van der Waals surface area (Å²) in [7, 11) is 0. The summed E-state index contributed by atoms with van der Waals surface area (Å²) in [6.07, 6.45) is 1.51. The average Bonchev–Trinajstić information content (AvgIpc) is 2.58. The van der Waals surface area contributed by atoms with Crippen molar-refractivity contribution in [3.05, 3.63) is 34.9 Å². The Morgan fingerprint density at radius 3 is 2.50 bits per heavy atom. The molecule has 1 aliphatic rings. The highest BCUT2D eigenvalue weighted by Crippen LogP contribution is 2.22. The lowest BCUT2D eigenvalue weighted by Crippen LogP contribution is -2.45. The highest BCUT2D eigenvalue weighted by molar-refractivity contribution is 6.30. The molecule has 5 heteroatoms. The average molecular weight is 351 g/mol. The van der Waals surface area contributed by atoms with Crippen LogP contribution in [0.4, 0.5) is 0 Å². The molecule has 24 heavy (non-hydrogen) atoms. The number of nitrogens with zero attached hydrogens (tertiary/aromatic N) is 2. The zero-order chi connectivity index (χ0) is 17.7. The maximum Gasteiger partial charge on any atom is 0.226 e. The number of carbonyl (C=O) groups is 2. The van der Waals surface area contributed by atoms with E-state index in [1.807, 2.05) is 54.8 Å². The van der Waals surface area contributed by atoms with Gasteiger partial charge in [-0.2, -0.15) is 0 Å². The van der Waals surface area contributed by atoms with E-state index in [0.29, 0.717) is 31.2 Å². The highest BCUT2D eigenvalue weighted by atomic mass is 35.5. The lowest BCUT2D eigenvalue weighted by atomic mass is 9.94. The maximum atomic E-state index is 12.8. The van der Waals surface area contributed by atoms with Crippen LogP contribution < -0.4 is 0 Å². The maximum absolute atomic E-state index is 12.8. The van der Waals surface area contributed by atoms with Gasteiger partial charge in [0.15, 0.2) is 0 Å². The summed E-state index contributed by atoms with van der Waals surface area (Å²) in [4.78, 5) is 28.6. The third-order valence-corrected chi connectivity index (χ3v) is 4.84. The summed E-state index contributed by atoms with van der Waals surface area (Å²) < 4.78 is 0. The third kappa shape index (κ3) is 4.73. The topological polar surface area (TPSA) is 40.6 Å². The van der Waals surface area contributed by atoms with Crippen LogP contribution in [0.1, 0.15) is 39.2 Å². The van der Waals surface area contributed by atoms with Crippen LogP contribution in [0.5, 0.6) is 0 Å². The monoisotopic (exact) mass is 350 g/mol. The Hall–Kier alpha value is -1.55. The molecule has 0 N–H and O–H groups in total. The fraction of sp³-hybridized carbons (Fsp3) is 0.579. The fourth-order valence-electron chi connectivity index (χ4n) is 3.17. The summed E-state index contributed by atoms with van der Waals surface area (Å²) in [6, 6.07) is 7.64. The Balaban J connectivity index is 1.94. The summed E-state index contributed by atoms with van der Waals surface area (Å²) >= 11 is 6.03. The Morgan fingerprint density at radius 2 is 1.96 bits per heavy atom. The molecule has 0 spiro atoms. The largest absolute Gasteiger partial charge is 0.342 e. The molecule has 1 aliphatic heterocycles. The van der Waals surface area contributed by atoms with Crippen LogP contribution in [0.2, 0.25) is 5.02 Å². The second-order valence-corrected chi connectivity index (χ2v) is 7.17. The normalized spacial score (nSPS) is 15.6. The molecular weight excluding hydrogens is 324 g/mol. The minimum Gasteiger partial charge on any atom is -0.342 e. The van der Waals surface area contributed by atoms with Gasteiger partial charge in [0.1, 0.15) is 0 Å². The predicted molar refractivity (Wildman–Crippen MR) is 96.7 cm³/mol. The number of piperidine rings is 1. The number of hydrogen-bond acceptors (Lipinski definition) is 2. The van der Waals surface area contributed by atoms with Crippen molar-refractivity contribution < 1.29 is 9.59 Å². The van der Waals surface area contributed by atoms with Gasteiger partial charge in [0, 0.05) is 43.0 Å². The molecule has 0 bridgehead atoms. The van der Waals surface area contributed by atoms with Crippen molar-refractivity contribution in [1.29, 1.82) is 0 Å². The molecule has 1 saturated heterocycles. The second kappa shape index (κ2) is 8.52. The first-order valence-corrected chi connectivity index (χ1v) is 9.12. The first-order valence-electron chi connectivity index (χ1n) is 8.74. The van der Waals surface area contributed by atoms with Gasteiger partial charge in [-0.05, 0) is 37.5 Å². The number of rotatable bonds is 5. The molecule has 1 heterocycles. The van der Waals surface area contributed by atoms with E-state index in [2.05, 4.69) is 0 Å². The van der Waals surface area contributed by atoms with Gasteiger partial charge in [0.25, 0.3) is 0 Å². The molecule has 0 atom stereocenters. The minimum absolute atomic E-state index is 0.0142. The molecule has 2 rings (SSSR count). The molecular formula is C19H27ClN2O2. The number of likely N-dealkylation sites (tertiary alicyclic amines) is 1. The van der Waals surface area contributed by atoms with E-state index in [4.69, 9.17) is 11.6 Å². The number of halogens is 1. The molecule has 2 amide bonds. The Labute approximate surface area is 149 Å². The van der Waals surface area contributed by atoms with Crippen molar-refractivity contribution in [2.75, 3.05) is 19.6 Å². The van der Waals surface area contributed by atoms with Crippen molar-refractivity contribution in [3.8, 4) is 0 Å². The highest BCUT2D eigenvalue weighted by Gasteiger charge is 2.30. The Bertz CT molecular complexity index is 580. The summed E-state index contributed by atoms with van der Waals surface area (Å²) in [5.74, 6) is 0.411. The molecule has 1 aromatic rings. The summed E-state index contributed by atoms with van der Waals surface area (Å²) in [5, 5.41) is 0.691. The van der Waals surface area contributed by atoms with Gasteiger partial charge in [-0.15, -0.1) is 0 Å². The minimum atomic E-state index is 0.0142. The smallest absolute Gasteiger partial charge is 0.226 e. The fourth-order valence-corrected chi connectivity index (χ4v) is 3.38. The third-order valence-electron chi connectivity index (χ3n) is 4.61. The molecule has 132 valence electrons. The molecule has 0 unspecified atom stereocenters. The first-order chi connectivity index (χ1) is 11.4. The van der Waals surface area contributed by atoms with Crippen LogP contribution in [-0.4, -0.2) is 41.2 Å². The van der Waals surface area contributed by atoms with Crippen LogP contribution in [0, 0.1) is 11.8 Å². The molecule has 0 radical (unpaired) electrons. The molecule has 1 aromatic carbocycles. The van der Waals surface area contributed by atoms with Crippen LogP contribution in [0.25, 0.3) is 0 Å². The zero-order valence-electron chi connectivity index (χ0n) is 14.8. The van der Waals surface area contributed by atoms with Crippen LogP contribution in [-0.2, 0) is 16.1 Å². The van der Waals surface area contributed by atoms with Crippen LogP contribution in [0.15, 0.2) is 24.3 Å². The van der Waals surface area contributed by atoms with Gasteiger partial charge in [0.05, 0.1) is 0 Å². The van der Waals surface area contributed by atoms with Crippen molar-refractivity contribution in [3.63, 3.8) is 0 Å². The molecule has 0 aliphatic carbocycles. The summed E-state index contributed by atoms with van der Waals surface area (Å²) in [6.45, 7) is 8.47. The molecule has 1 fully saturated rings. The first kappa shape index (κ1) is 18.8. The van der Waals surface area contributed by atoms with Crippen molar-refractivity contribution >= 4 is 23.4 Å². The SMILES string of the molecule is CCN(Cc1cccc(Cl)c1)C(=O)C1CCN(C(=O)C(C)C)CC1. The van der Waals surface area contributed by atoms with E-state index in [9.17, 15) is 9.59 Å². The molecule has 4 nitrogen and oxygen atoms in total. The van der Waals surface area contributed by atoms with Crippen LogP contribution in [0.3, 0.4) is 0 Å². The van der Waals surface area contributed by atoms with Gasteiger partial charge in [-0.1, -0.05) is 37.6 Å². The van der Waals surface area contributed by atoms with Gasteiger partial charge in [-0.3, -0.25) is 9.59 Å². The molecule has 0 aromatic heterocycles. The van der Waals surface area contributed by atoms with Crippen molar-refractivity contribution in [2.24, 2.45) is 11.8 Å². The van der Waals surface area contributed by atoms with E-state index in [-0.39, 0.29) is 23.7 Å². The van der Waals surface area contributed by atoms with E-state index < -0.39 is 0 Å². The molecule has 0 saturated carbocycles. The van der Waals surface area contributed by atoms with Gasteiger partial charge < -0.3 is 9.80 Å². The number of benzene rings is 1. The summed E-state index contributed by atoms with van der Waals surface area (Å²) in [5.41, 5.74) is 1.05. The van der Waals surface area contributed by atoms with Crippen LogP contribution >= 0.6 is 11.6 Å². The van der Waals surface area contributed by atoms with E-state index >= 15 is 0 Å². The van der Waals surface area contributed by atoms with Gasteiger partial charge in [-0.25, -0.2) is 0 Å². The van der Waals surface area contributed by atoms with Crippen molar-refractivity contribution in [1.82, 2.24) is 9.80 Å². The Kier molecular flexibility index (Phi) is 6.67. The number of hydrogen-bond donors (Lipinski definition) is 0. The van der Waals surface area contributed by atoms with E-state index in [1.54, 1.807) is 0 Å². The Morgan fingerprint density at radius 1 is 1.29 bits per heavy atom. The quantitative estimate of drug-likeness (QED) is 0.814. The van der Waals surface area contributed by atoms with Gasteiger partial charge in [0.2, 0.25) is 11.8 Å². The second-order valence-electron chi connectivity index (χ2n) is 6.74. The van der Waals surface area contributed by atoms with Crippen molar-refractivity contribution in [2.45, 2.75) is 40.2 Å². The van der Waals surface area contributed by atoms with E-state index in [1.165, 1.54) is 0 Å². The van der Waals surface area contributed by atoms with Gasteiger partial charge >= 0.3 is 0 Å². The lowest BCUT2D eigenvalue weighted by Gasteiger charge is -2.34. The number of amides is 2. The lowest BCUT2D eigenvalue weighted by molar-refractivity contribution is -0.142. The number of carbonyl (C=O) groups excluding carboxylic acids is 2.